The van der Waals surface area contributed by atoms with Gasteiger partial charge in [-0.25, -0.2) is 14.3 Å². The Labute approximate surface area is 160 Å². The van der Waals surface area contributed by atoms with Crippen LogP contribution in [0.3, 0.4) is 0 Å². The van der Waals surface area contributed by atoms with E-state index in [9.17, 15) is 9.59 Å². The molecule has 3 aromatic heterocycles. The van der Waals surface area contributed by atoms with E-state index in [4.69, 9.17) is 5.10 Å². The van der Waals surface area contributed by atoms with Crippen LogP contribution in [-0.4, -0.2) is 32.2 Å². The van der Waals surface area contributed by atoms with Crippen LogP contribution >= 0.6 is 0 Å². The van der Waals surface area contributed by atoms with Gasteiger partial charge in [-0.15, -0.1) is 0 Å². The summed E-state index contributed by atoms with van der Waals surface area (Å²) in [6.07, 6.45) is 5.25. The number of pyridine rings is 1. The summed E-state index contributed by atoms with van der Waals surface area (Å²) in [5, 5.41) is 4.73. The van der Waals surface area contributed by atoms with Crippen LogP contribution < -0.4 is 5.69 Å². The van der Waals surface area contributed by atoms with Crippen molar-refractivity contribution < 1.29 is 9.53 Å². The van der Waals surface area contributed by atoms with Gasteiger partial charge in [0.1, 0.15) is 5.69 Å². The number of aryl methyl sites for hydroxylation is 1. The van der Waals surface area contributed by atoms with E-state index in [1.54, 1.807) is 12.4 Å². The van der Waals surface area contributed by atoms with E-state index in [1.807, 2.05) is 59.2 Å². The maximum Gasteiger partial charge on any atom is 0.347 e. The lowest BCUT2D eigenvalue weighted by molar-refractivity contribution is -0.140. The van der Waals surface area contributed by atoms with E-state index in [2.05, 4.69) is 9.72 Å². The molecule has 0 aliphatic heterocycles. The summed E-state index contributed by atoms with van der Waals surface area (Å²) in [5.74, 6) is -0.377. The molecule has 0 aliphatic carbocycles. The van der Waals surface area contributed by atoms with Crippen LogP contribution in [0.15, 0.2) is 71.9 Å². The second-order valence-electron chi connectivity index (χ2n) is 6.26. The maximum atomic E-state index is 12.1. The molecular weight excluding hydrogens is 356 g/mol. The van der Waals surface area contributed by atoms with Gasteiger partial charge in [-0.3, -0.25) is 9.36 Å². The smallest absolute Gasteiger partial charge is 0.347 e. The number of hydrogen-bond donors (Lipinski definition) is 0. The third-order valence-electron chi connectivity index (χ3n) is 4.52. The van der Waals surface area contributed by atoms with Crippen molar-refractivity contribution in [3.8, 4) is 22.4 Å². The Hall–Kier alpha value is -3.74. The van der Waals surface area contributed by atoms with Gasteiger partial charge >= 0.3 is 11.7 Å². The Morgan fingerprint density at radius 3 is 2.64 bits per heavy atom. The molecule has 0 atom stereocenters. The Bertz CT molecular complexity index is 1200. The minimum Gasteiger partial charge on any atom is -0.469 e. The predicted octanol–water partition coefficient (Wildman–Crippen LogP) is 2.79. The summed E-state index contributed by atoms with van der Waals surface area (Å²) in [6.45, 7) is 0.201. The molecule has 0 bridgehead atoms. The van der Waals surface area contributed by atoms with E-state index in [1.165, 1.54) is 11.7 Å². The molecular formula is C21H18N4O3. The highest BCUT2D eigenvalue weighted by Crippen LogP contribution is 2.34. The number of rotatable bonds is 5. The SMILES string of the molecule is COC(=O)CCn1cc(-c2c(-c3ccccc3)nn3ccccc23)cnc1=O. The van der Waals surface area contributed by atoms with Crippen molar-refractivity contribution in [3.05, 3.63) is 77.6 Å². The molecule has 4 aromatic rings. The monoisotopic (exact) mass is 374 g/mol. The minimum absolute atomic E-state index is 0.0990. The van der Waals surface area contributed by atoms with Crippen LogP contribution in [0.4, 0.5) is 0 Å². The first-order valence-electron chi connectivity index (χ1n) is 8.84. The number of hydrogen-bond acceptors (Lipinski definition) is 5. The van der Waals surface area contributed by atoms with Crippen LogP contribution in [0.25, 0.3) is 27.9 Å². The average molecular weight is 374 g/mol. The average Bonchev–Trinajstić information content (AvgIpc) is 3.13. The fraction of sp³-hybridized carbons (Fsp3) is 0.143. The second kappa shape index (κ2) is 7.48. The Balaban J connectivity index is 1.87. The lowest BCUT2D eigenvalue weighted by Crippen LogP contribution is -2.23. The molecule has 28 heavy (non-hydrogen) atoms. The van der Waals surface area contributed by atoms with Crippen LogP contribution in [0.1, 0.15) is 6.42 Å². The number of ether oxygens (including phenoxy) is 1. The lowest BCUT2D eigenvalue weighted by Gasteiger charge is -2.08. The molecule has 0 fully saturated rings. The molecule has 0 N–H and O–H groups in total. The van der Waals surface area contributed by atoms with Gasteiger partial charge in [0.05, 0.1) is 19.0 Å². The number of carbonyl (C=O) groups is 1. The zero-order valence-electron chi connectivity index (χ0n) is 15.3. The van der Waals surface area contributed by atoms with Crippen LogP contribution in [0.2, 0.25) is 0 Å². The molecule has 0 radical (unpaired) electrons. The maximum absolute atomic E-state index is 12.1. The molecule has 0 spiro atoms. The van der Waals surface area contributed by atoms with Gasteiger partial charge in [0.25, 0.3) is 0 Å². The molecule has 4 rings (SSSR count). The van der Waals surface area contributed by atoms with Gasteiger partial charge < -0.3 is 4.74 Å². The summed E-state index contributed by atoms with van der Waals surface area (Å²) in [5.41, 5.74) is 3.89. The molecule has 0 amide bonds. The standard InChI is InChI=1S/C21H18N4O3/c1-28-18(26)10-12-24-14-16(13-22-21(24)27)19-17-9-5-6-11-25(17)23-20(19)15-7-3-2-4-8-15/h2-9,11,13-14H,10,12H2,1H3. The van der Waals surface area contributed by atoms with Gasteiger partial charge in [0, 0.05) is 41.8 Å². The second-order valence-corrected chi connectivity index (χ2v) is 6.26. The fourth-order valence-corrected chi connectivity index (χ4v) is 3.14. The molecule has 7 nitrogen and oxygen atoms in total. The highest BCUT2D eigenvalue weighted by molar-refractivity contribution is 5.91. The first-order chi connectivity index (χ1) is 13.7. The first-order valence-corrected chi connectivity index (χ1v) is 8.84. The van der Waals surface area contributed by atoms with Crippen molar-refractivity contribution in [2.45, 2.75) is 13.0 Å². The number of esters is 1. The normalized spacial score (nSPS) is 10.9. The van der Waals surface area contributed by atoms with Gasteiger partial charge in [-0.1, -0.05) is 36.4 Å². The van der Waals surface area contributed by atoms with Crippen molar-refractivity contribution in [2.24, 2.45) is 0 Å². The molecule has 0 aliphatic rings. The first kappa shape index (κ1) is 17.7. The molecule has 0 saturated carbocycles. The van der Waals surface area contributed by atoms with E-state index in [0.29, 0.717) is 0 Å². The summed E-state index contributed by atoms with van der Waals surface area (Å²) in [6, 6.07) is 15.7. The minimum atomic E-state index is -0.412. The van der Waals surface area contributed by atoms with Gasteiger partial charge in [-0.2, -0.15) is 5.10 Å². The third kappa shape index (κ3) is 3.29. The van der Waals surface area contributed by atoms with Gasteiger partial charge in [0.2, 0.25) is 0 Å². The Morgan fingerprint density at radius 2 is 1.86 bits per heavy atom. The fourth-order valence-electron chi connectivity index (χ4n) is 3.14. The number of nitrogens with zero attached hydrogens (tertiary/aromatic N) is 4. The molecule has 140 valence electrons. The summed E-state index contributed by atoms with van der Waals surface area (Å²) in [7, 11) is 1.32. The van der Waals surface area contributed by atoms with Crippen molar-refractivity contribution in [2.75, 3.05) is 7.11 Å². The molecule has 3 heterocycles. The molecule has 1 aromatic carbocycles. The summed E-state index contributed by atoms with van der Waals surface area (Å²) < 4.78 is 7.89. The third-order valence-corrected chi connectivity index (χ3v) is 4.52. The van der Waals surface area contributed by atoms with Gasteiger partial charge in [-0.05, 0) is 12.1 Å². The van der Waals surface area contributed by atoms with Crippen LogP contribution in [0.5, 0.6) is 0 Å². The summed E-state index contributed by atoms with van der Waals surface area (Å²) in [4.78, 5) is 27.6. The molecule has 0 unspecified atom stereocenters. The molecule has 0 saturated heterocycles. The van der Waals surface area contributed by atoms with Crippen LogP contribution in [0, 0.1) is 0 Å². The zero-order valence-corrected chi connectivity index (χ0v) is 15.3. The summed E-state index contributed by atoms with van der Waals surface area (Å²) >= 11 is 0. The van der Waals surface area contributed by atoms with E-state index < -0.39 is 5.69 Å². The highest BCUT2D eigenvalue weighted by atomic mass is 16.5. The number of methoxy groups -OCH3 is 1. The topological polar surface area (TPSA) is 78.5 Å². The highest BCUT2D eigenvalue weighted by Gasteiger charge is 2.17. The number of carbonyl (C=O) groups excluding carboxylic acids is 1. The zero-order chi connectivity index (χ0) is 19.5. The number of benzene rings is 1. The lowest BCUT2D eigenvalue weighted by atomic mass is 10.0. The van der Waals surface area contributed by atoms with E-state index in [-0.39, 0.29) is 18.9 Å². The van der Waals surface area contributed by atoms with Crippen molar-refractivity contribution in [1.29, 1.82) is 0 Å². The number of aromatic nitrogens is 4. The largest absolute Gasteiger partial charge is 0.469 e. The number of fused-ring (bicyclic) bond motifs is 1. The Morgan fingerprint density at radius 1 is 1.07 bits per heavy atom. The van der Waals surface area contributed by atoms with Crippen molar-refractivity contribution in [3.63, 3.8) is 0 Å². The van der Waals surface area contributed by atoms with Crippen molar-refractivity contribution >= 4 is 11.5 Å². The predicted molar refractivity (Wildman–Crippen MR) is 105 cm³/mol. The molecule has 7 heteroatoms. The quantitative estimate of drug-likeness (QED) is 0.502. The Kier molecular flexibility index (Phi) is 4.72. The van der Waals surface area contributed by atoms with Gasteiger partial charge in [0.15, 0.2) is 0 Å². The van der Waals surface area contributed by atoms with E-state index in [0.717, 1.165) is 27.9 Å². The van der Waals surface area contributed by atoms with Crippen LogP contribution in [-0.2, 0) is 16.1 Å². The van der Waals surface area contributed by atoms with Crippen molar-refractivity contribution in [1.82, 2.24) is 19.2 Å². The van der Waals surface area contributed by atoms with E-state index >= 15 is 0 Å².